The summed E-state index contributed by atoms with van der Waals surface area (Å²) in [5, 5.41) is 0. The highest BCUT2D eigenvalue weighted by Crippen LogP contribution is 2.31. The first-order valence-corrected chi connectivity index (χ1v) is 17.6. The Hall–Kier alpha value is -3.35. The quantitative estimate of drug-likeness (QED) is 0.0536. The standard InChI is InChI=1S/C39H59N3O4/c1-9-11-13-15-17-34(18-16-14-12-10-2)42(28-31-21-19-30(20-22-31)27-29(3)4)36(35-37(43)45-39(5,6)46-38(35)44)40-32-23-25-33(26-24-32)41(7)8/h19-26,29,34-35H,9-18,27-28H2,1-8H3. The molecular formula is C39H59N3O4. The zero-order chi connectivity index (χ0) is 33.7. The van der Waals surface area contributed by atoms with E-state index >= 15 is 0 Å². The Kier molecular flexibility index (Phi) is 14.6. The summed E-state index contributed by atoms with van der Waals surface area (Å²) in [6, 6.07) is 16.7. The summed E-state index contributed by atoms with van der Waals surface area (Å²) in [4.78, 5) is 36.8. The topological polar surface area (TPSA) is 71.4 Å². The zero-order valence-corrected chi connectivity index (χ0v) is 29.8. The van der Waals surface area contributed by atoms with Gasteiger partial charge in [-0.05, 0) is 60.6 Å². The maximum Gasteiger partial charge on any atom is 0.331 e. The third-order valence-corrected chi connectivity index (χ3v) is 8.57. The molecule has 1 fully saturated rings. The number of unbranched alkanes of at least 4 members (excludes halogenated alkanes) is 6. The monoisotopic (exact) mass is 633 g/mol. The maximum atomic E-state index is 13.7. The fourth-order valence-corrected chi connectivity index (χ4v) is 6.10. The van der Waals surface area contributed by atoms with Gasteiger partial charge in [-0.1, -0.05) is 103 Å². The number of cyclic esters (lactones) is 2. The number of hydrogen-bond acceptors (Lipinski definition) is 6. The molecule has 0 saturated carbocycles. The van der Waals surface area contributed by atoms with Crippen LogP contribution in [-0.2, 0) is 32.0 Å². The SMILES string of the molecule is CCCCCCC(CCCCCC)N(Cc1ccc(CC(C)C)cc1)C(=Nc1ccc(N(C)C)cc1)C1C(=O)OC(C)(C)OC1=O. The van der Waals surface area contributed by atoms with Crippen LogP contribution in [0.1, 0.15) is 117 Å². The number of aliphatic imine (C=N–C) groups is 1. The van der Waals surface area contributed by atoms with E-state index in [4.69, 9.17) is 14.5 Å². The fraction of sp³-hybridized carbons (Fsp3) is 0.615. The van der Waals surface area contributed by atoms with Gasteiger partial charge in [-0.3, -0.25) is 9.59 Å². The first-order valence-electron chi connectivity index (χ1n) is 17.6. The Balaban J connectivity index is 2.15. The lowest BCUT2D eigenvalue weighted by atomic mass is 9.95. The van der Waals surface area contributed by atoms with E-state index in [-0.39, 0.29) is 6.04 Å². The number of anilines is 1. The molecular weight excluding hydrogens is 574 g/mol. The van der Waals surface area contributed by atoms with E-state index in [1.165, 1.54) is 31.2 Å². The van der Waals surface area contributed by atoms with Crippen molar-refractivity contribution in [1.82, 2.24) is 4.90 Å². The molecule has 0 N–H and O–H groups in total. The van der Waals surface area contributed by atoms with Gasteiger partial charge in [-0.15, -0.1) is 0 Å². The molecule has 1 saturated heterocycles. The van der Waals surface area contributed by atoms with Crippen LogP contribution in [0.2, 0.25) is 0 Å². The second-order valence-electron chi connectivity index (χ2n) is 14.0. The molecule has 2 aromatic rings. The molecule has 0 atom stereocenters. The minimum Gasteiger partial charge on any atom is -0.422 e. The average Bonchev–Trinajstić information content (AvgIpc) is 2.98. The molecule has 0 aromatic heterocycles. The summed E-state index contributed by atoms with van der Waals surface area (Å²) < 4.78 is 11.4. The van der Waals surface area contributed by atoms with E-state index < -0.39 is 23.6 Å². The van der Waals surface area contributed by atoms with Crippen LogP contribution in [-0.4, -0.2) is 48.6 Å². The Morgan fingerprint density at radius 2 is 1.30 bits per heavy atom. The highest BCUT2D eigenvalue weighted by atomic mass is 16.7. The third-order valence-electron chi connectivity index (χ3n) is 8.57. The Bertz CT molecular complexity index is 1220. The lowest BCUT2D eigenvalue weighted by Crippen LogP contribution is -2.54. The van der Waals surface area contributed by atoms with Crippen LogP contribution >= 0.6 is 0 Å². The van der Waals surface area contributed by atoms with Crippen molar-refractivity contribution in [3.63, 3.8) is 0 Å². The van der Waals surface area contributed by atoms with Gasteiger partial charge in [0.2, 0.25) is 5.92 Å². The van der Waals surface area contributed by atoms with Gasteiger partial charge < -0.3 is 19.3 Å². The number of rotatable bonds is 18. The molecule has 7 nitrogen and oxygen atoms in total. The minimum atomic E-state index is -1.32. The van der Waals surface area contributed by atoms with E-state index in [0.29, 0.717) is 24.0 Å². The number of hydrogen-bond donors (Lipinski definition) is 0. The second kappa shape index (κ2) is 18.1. The summed E-state index contributed by atoms with van der Waals surface area (Å²) in [6.07, 6.45) is 12.1. The smallest absolute Gasteiger partial charge is 0.331 e. The van der Waals surface area contributed by atoms with Crippen LogP contribution in [0.5, 0.6) is 0 Å². The van der Waals surface area contributed by atoms with Gasteiger partial charge in [0.05, 0.1) is 5.69 Å². The maximum absolute atomic E-state index is 13.7. The van der Waals surface area contributed by atoms with Crippen LogP contribution in [0, 0.1) is 11.8 Å². The summed E-state index contributed by atoms with van der Waals surface area (Å²) in [5.74, 6) is -2.83. The van der Waals surface area contributed by atoms with Gasteiger partial charge in [0.25, 0.3) is 5.79 Å². The van der Waals surface area contributed by atoms with Crippen molar-refractivity contribution in [1.29, 1.82) is 0 Å². The molecule has 3 rings (SSSR count). The molecule has 0 unspecified atom stereocenters. The molecule has 7 heteroatoms. The minimum absolute atomic E-state index is 0.0967. The normalized spacial score (nSPS) is 15.3. The van der Waals surface area contributed by atoms with E-state index in [9.17, 15) is 9.59 Å². The number of carbonyl (C=O) groups is 2. The number of amidine groups is 1. The Morgan fingerprint density at radius 3 is 1.78 bits per heavy atom. The Labute approximate surface area is 278 Å². The molecule has 0 spiro atoms. The molecule has 1 aliphatic rings. The van der Waals surface area contributed by atoms with Gasteiger partial charge in [0.1, 0.15) is 5.84 Å². The van der Waals surface area contributed by atoms with Crippen LogP contribution in [0.4, 0.5) is 11.4 Å². The summed E-state index contributed by atoms with van der Waals surface area (Å²) >= 11 is 0. The molecule has 0 aliphatic carbocycles. The zero-order valence-electron chi connectivity index (χ0n) is 29.8. The van der Waals surface area contributed by atoms with Crippen molar-refractivity contribution in [2.24, 2.45) is 16.8 Å². The molecule has 2 aromatic carbocycles. The van der Waals surface area contributed by atoms with Gasteiger partial charge in [0.15, 0.2) is 0 Å². The predicted molar refractivity (Wildman–Crippen MR) is 189 cm³/mol. The van der Waals surface area contributed by atoms with Crippen molar-refractivity contribution in [3.05, 3.63) is 59.7 Å². The number of esters is 2. The lowest BCUT2D eigenvalue weighted by Gasteiger charge is -2.40. The van der Waals surface area contributed by atoms with Crippen molar-refractivity contribution >= 4 is 29.1 Å². The predicted octanol–water partition coefficient (Wildman–Crippen LogP) is 9.25. The van der Waals surface area contributed by atoms with E-state index in [1.54, 1.807) is 13.8 Å². The average molecular weight is 634 g/mol. The van der Waals surface area contributed by atoms with E-state index in [2.05, 4.69) is 56.9 Å². The molecule has 0 radical (unpaired) electrons. The van der Waals surface area contributed by atoms with Gasteiger partial charge in [0, 0.05) is 46.2 Å². The Morgan fingerprint density at radius 1 is 0.783 bits per heavy atom. The van der Waals surface area contributed by atoms with Gasteiger partial charge in [-0.2, -0.15) is 0 Å². The van der Waals surface area contributed by atoms with E-state index in [1.807, 2.05) is 43.3 Å². The first-order chi connectivity index (χ1) is 21.9. The van der Waals surface area contributed by atoms with Gasteiger partial charge >= 0.3 is 11.9 Å². The highest BCUT2D eigenvalue weighted by molar-refractivity contribution is 6.17. The number of ether oxygens (including phenoxy) is 2. The summed E-state index contributed by atoms with van der Waals surface area (Å²) in [5.41, 5.74) is 4.14. The molecule has 1 heterocycles. The largest absolute Gasteiger partial charge is 0.422 e. The first kappa shape index (κ1) is 37.1. The molecule has 0 bridgehead atoms. The summed E-state index contributed by atoms with van der Waals surface area (Å²) in [6.45, 7) is 12.6. The molecule has 46 heavy (non-hydrogen) atoms. The second-order valence-corrected chi connectivity index (χ2v) is 14.0. The number of nitrogens with zero attached hydrogens (tertiary/aromatic N) is 3. The lowest BCUT2D eigenvalue weighted by molar-refractivity contribution is -0.236. The van der Waals surface area contributed by atoms with Crippen LogP contribution in [0.25, 0.3) is 0 Å². The van der Waals surface area contributed by atoms with Gasteiger partial charge in [-0.25, -0.2) is 4.99 Å². The van der Waals surface area contributed by atoms with Crippen LogP contribution in [0.15, 0.2) is 53.5 Å². The molecule has 1 aliphatic heterocycles. The highest BCUT2D eigenvalue weighted by Gasteiger charge is 2.48. The van der Waals surface area contributed by atoms with Crippen LogP contribution < -0.4 is 4.90 Å². The van der Waals surface area contributed by atoms with Crippen molar-refractivity contribution < 1.29 is 19.1 Å². The third kappa shape index (κ3) is 11.5. The molecule has 254 valence electrons. The summed E-state index contributed by atoms with van der Waals surface area (Å²) in [7, 11) is 3.99. The van der Waals surface area contributed by atoms with Crippen molar-refractivity contribution in [2.45, 2.75) is 131 Å². The van der Waals surface area contributed by atoms with E-state index in [0.717, 1.165) is 56.2 Å². The number of carbonyl (C=O) groups excluding carboxylic acids is 2. The van der Waals surface area contributed by atoms with Crippen LogP contribution in [0.3, 0.4) is 0 Å². The fourth-order valence-electron chi connectivity index (χ4n) is 6.10. The van der Waals surface area contributed by atoms with Crippen molar-refractivity contribution in [3.8, 4) is 0 Å². The molecule has 0 amide bonds. The number of benzene rings is 2. The van der Waals surface area contributed by atoms with Crippen molar-refractivity contribution in [2.75, 3.05) is 19.0 Å².